The first kappa shape index (κ1) is 9.86. The molecule has 0 unspecified atom stereocenters. The van der Waals surface area contributed by atoms with Gasteiger partial charge in [-0.25, -0.2) is 4.68 Å². The normalized spacial score (nSPS) is 12.7. The Bertz CT molecular complexity index is 451. The zero-order chi connectivity index (χ0) is 10.8. The molecule has 0 radical (unpaired) electrons. The molecule has 0 saturated carbocycles. The number of nitrogens with zero attached hydrogens (tertiary/aromatic N) is 2. The van der Waals surface area contributed by atoms with Crippen LogP contribution in [0.3, 0.4) is 0 Å². The standard InChI is InChI=1S/C11H11FN2O/c1-8(15)10-7-13-14(11(10)12)9-5-3-2-4-6-9/h2-8,15H,1H3/t8-/m1/s1. The molecule has 0 aliphatic rings. The lowest BCUT2D eigenvalue weighted by molar-refractivity contribution is 0.193. The van der Waals surface area contributed by atoms with Crippen molar-refractivity contribution in [3.63, 3.8) is 0 Å². The van der Waals surface area contributed by atoms with E-state index < -0.39 is 12.1 Å². The third-order valence-electron chi connectivity index (χ3n) is 2.19. The van der Waals surface area contributed by atoms with E-state index in [0.29, 0.717) is 5.69 Å². The van der Waals surface area contributed by atoms with Crippen LogP contribution in [0.5, 0.6) is 0 Å². The number of aromatic nitrogens is 2. The number of aliphatic hydroxyl groups excluding tert-OH is 1. The summed E-state index contributed by atoms with van der Waals surface area (Å²) in [6.45, 7) is 1.51. The third-order valence-corrected chi connectivity index (χ3v) is 2.19. The maximum Gasteiger partial charge on any atom is 0.222 e. The van der Waals surface area contributed by atoms with Gasteiger partial charge in [0.25, 0.3) is 0 Å². The predicted octanol–water partition coefficient (Wildman–Crippen LogP) is 2.06. The molecule has 2 rings (SSSR count). The molecule has 3 nitrogen and oxygen atoms in total. The highest BCUT2D eigenvalue weighted by atomic mass is 19.1. The summed E-state index contributed by atoms with van der Waals surface area (Å²) < 4.78 is 14.9. The van der Waals surface area contributed by atoms with Gasteiger partial charge in [0.05, 0.1) is 23.6 Å². The zero-order valence-corrected chi connectivity index (χ0v) is 8.26. The van der Waals surface area contributed by atoms with Crippen LogP contribution in [-0.4, -0.2) is 14.9 Å². The van der Waals surface area contributed by atoms with Gasteiger partial charge in [0.15, 0.2) is 0 Å². The van der Waals surface area contributed by atoms with Crippen LogP contribution in [0.4, 0.5) is 4.39 Å². The molecular formula is C11H11FN2O. The fourth-order valence-electron chi connectivity index (χ4n) is 1.38. The molecule has 1 N–H and O–H groups in total. The van der Waals surface area contributed by atoms with Gasteiger partial charge >= 0.3 is 0 Å². The highest BCUT2D eigenvalue weighted by Gasteiger charge is 2.14. The molecule has 4 heteroatoms. The summed E-state index contributed by atoms with van der Waals surface area (Å²) in [6.07, 6.45) is 0.495. The lowest BCUT2D eigenvalue weighted by Gasteiger charge is -2.03. The van der Waals surface area contributed by atoms with Crippen molar-refractivity contribution >= 4 is 0 Å². The quantitative estimate of drug-likeness (QED) is 0.816. The van der Waals surface area contributed by atoms with Gasteiger partial charge in [-0.2, -0.15) is 9.49 Å². The molecule has 0 aliphatic carbocycles. The summed E-state index contributed by atoms with van der Waals surface area (Å²) in [5, 5.41) is 13.2. The summed E-state index contributed by atoms with van der Waals surface area (Å²) in [7, 11) is 0. The first-order valence-electron chi connectivity index (χ1n) is 4.67. The van der Waals surface area contributed by atoms with Gasteiger partial charge in [-0.05, 0) is 19.1 Å². The second kappa shape index (κ2) is 3.82. The minimum atomic E-state index is -0.845. The van der Waals surface area contributed by atoms with E-state index >= 15 is 0 Å². The zero-order valence-electron chi connectivity index (χ0n) is 8.26. The molecule has 0 bridgehead atoms. The maximum atomic E-state index is 13.7. The SMILES string of the molecule is C[C@@H](O)c1cnn(-c2ccccc2)c1F. The Morgan fingerprint density at radius 3 is 2.53 bits per heavy atom. The van der Waals surface area contributed by atoms with Crippen molar-refractivity contribution in [2.45, 2.75) is 13.0 Å². The first-order chi connectivity index (χ1) is 7.20. The van der Waals surface area contributed by atoms with Crippen molar-refractivity contribution in [1.82, 2.24) is 9.78 Å². The van der Waals surface area contributed by atoms with Crippen molar-refractivity contribution < 1.29 is 9.50 Å². The van der Waals surface area contributed by atoms with Gasteiger partial charge < -0.3 is 5.11 Å². The second-order valence-electron chi connectivity index (χ2n) is 3.31. The summed E-state index contributed by atoms with van der Waals surface area (Å²) >= 11 is 0. The van der Waals surface area contributed by atoms with E-state index in [9.17, 15) is 9.50 Å². The van der Waals surface area contributed by atoms with Crippen LogP contribution >= 0.6 is 0 Å². The van der Waals surface area contributed by atoms with Gasteiger partial charge in [0.1, 0.15) is 0 Å². The highest BCUT2D eigenvalue weighted by Crippen LogP contribution is 2.18. The smallest absolute Gasteiger partial charge is 0.222 e. The molecule has 1 aromatic heterocycles. The van der Waals surface area contributed by atoms with Crippen molar-refractivity contribution in [2.75, 3.05) is 0 Å². The average Bonchev–Trinajstić information content (AvgIpc) is 2.61. The molecule has 0 aliphatic heterocycles. The predicted molar refractivity (Wildman–Crippen MR) is 54.2 cm³/mol. The number of rotatable bonds is 2. The number of aliphatic hydroxyl groups is 1. The fraction of sp³-hybridized carbons (Fsp3) is 0.182. The molecule has 0 amide bonds. The van der Waals surface area contributed by atoms with Crippen molar-refractivity contribution in [3.8, 4) is 5.69 Å². The number of halogens is 1. The Morgan fingerprint density at radius 1 is 1.33 bits per heavy atom. The molecule has 1 atom stereocenters. The van der Waals surface area contributed by atoms with Gasteiger partial charge in [-0.3, -0.25) is 0 Å². The van der Waals surface area contributed by atoms with E-state index in [1.807, 2.05) is 6.07 Å². The van der Waals surface area contributed by atoms with Crippen molar-refractivity contribution in [3.05, 3.63) is 48.0 Å². The van der Waals surface area contributed by atoms with E-state index in [-0.39, 0.29) is 5.56 Å². The van der Waals surface area contributed by atoms with Crippen LogP contribution in [0.25, 0.3) is 5.69 Å². The molecule has 1 aromatic carbocycles. The van der Waals surface area contributed by atoms with Crippen LogP contribution in [0.2, 0.25) is 0 Å². The fourth-order valence-corrected chi connectivity index (χ4v) is 1.38. The van der Waals surface area contributed by atoms with Gasteiger partial charge in [0.2, 0.25) is 5.95 Å². The topological polar surface area (TPSA) is 38.1 Å². The Morgan fingerprint density at radius 2 is 2.00 bits per heavy atom. The van der Waals surface area contributed by atoms with E-state index in [4.69, 9.17) is 0 Å². The number of hydrogen-bond donors (Lipinski definition) is 1. The van der Waals surface area contributed by atoms with Crippen LogP contribution in [0.1, 0.15) is 18.6 Å². The van der Waals surface area contributed by atoms with Crippen LogP contribution in [0, 0.1) is 5.95 Å². The molecular weight excluding hydrogens is 195 g/mol. The van der Waals surface area contributed by atoms with Crippen LogP contribution in [0.15, 0.2) is 36.5 Å². The lowest BCUT2D eigenvalue weighted by atomic mass is 10.2. The molecule has 78 valence electrons. The van der Waals surface area contributed by atoms with E-state index in [1.165, 1.54) is 17.8 Å². The number of benzene rings is 1. The molecule has 0 spiro atoms. The summed E-state index contributed by atoms with van der Waals surface area (Å²) in [5.41, 5.74) is 0.848. The Labute approximate surface area is 86.8 Å². The Kier molecular flexibility index (Phi) is 2.51. The molecule has 0 fully saturated rings. The van der Waals surface area contributed by atoms with Gasteiger partial charge in [-0.1, -0.05) is 18.2 Å². The molecule has 1 heterocycles. The number of para-hydroxylation sites is 1. The van der Waals surface area contributed by atoms with Crippen LogP contribution < -0.4 is 0 Å². The largest absolute Gasteiger partial charge is 0.388 e. The first-order valence-corrected chi connectivity index (χ1v) is 4.67. The Balaban J connectivity index is 2.47. The Hall–Kier alpha value is -1.68. The van der Waals surface area contributed by atoms with Crippen molar-refractivity contribution in [1.29, 1.82) is 0 Å². The third kappa shape index (κ3) is 1.76. The van der Waals surface area contributed by atoms with E-state index in [1.54, 1.807) is 24.3 Å². The van der Waals surface area contributed by atoms with Gasteiger partial charge in [0, 0.05) is 0 Å². The molecule has 2 aromatic rings. The van der Waals surface area contributed by atoms with Crippen molar-refractivity contribution in [2.24, 2.45) is 0 Å². The summed E-state index contributed by atoms with van der Waals surface area (Å²) in [5.74, 6) is -0.517. The molecule has 0 saturated heterocycles. The minimum Gasteiger partial charge on any atom is -0.388 e. The molecule has 15 heavy (non-hydrogen) atoms. The van der Waals surface area contributed by atoms with E-state index in [2.05, 4.69) is 5.10 Å². The monoisotopic (exact) mass is 206 g/mol. The second-order valence-corrected chi connectivity index (χ2v) is 3.31. The summed E-state index contributed by atoms with van der Waals surface area (Å²) in [4.78, 5) is 0. The van der Waals surface area contributed by atoms with E-state index in [0.717, 1.165) is 0 Å². The van der Waals surface area contributed by atoms with Gasteiger partial charge in [-0.15, -0.1) is 0 Å². The highest BCUT2D eigenvalue weighted by molar-refractivity contribution is 5.31. The average molecular weight is 206 g/mol. The summed E-state index contributed by atoms with van der Waals surface area (Å²) in [6, 6.07) is 8.96. The lowest BCUT2D eigenvalue weighted by Crippen LogP contribution is -2.01. The number of hydrogen-bond acceptors (Lipinski definition) is 2. The van der Waals surface area contributed by atoms with Crippen LogP contribution in [-0.2, 0) is 0 Å². The minimum absolute atomic E-state index is 0.207. The maximum absolute atomic E-state index is 13.7.